The van der Waals surface area contributed by atoms with Crippen molar-refractivity contribution >= 4 is 24.0 Å². The fourth-order valence-electron chi connectivity index (χ4n) is 1.23. The molecule has 0 aliphatic rings. The molecule has 0 amide bonds. The predicted molar refractivity (Wildman–Crippen MR) is 59.4 cm³/mol. The molecule has 2 aromatic rings. The van der Waals surface area contributed by atoms with Crippen molar-refractivity contribution < 1.29 is 0 Å². The maximum atomic E-state index is 4.32. The molecule has 0 saturated heterocycles. The van der Waals surface area contributed by atoms with Crippen LogP contribution in [-0.4, -0.2) is 15.3 Å². The van der Waals surface area contributed by atoms with Gasteiger partial charge in [-0.1, -0.05) is 6.07 Å². The Bertz CT molecular complexity index is 365. The Morgan fingerprint density at radius 3 is 3.15 bits per heavy atom. The van der Waals surface area contributed by atoms with E-state index in [2.05, 4.69) is 33.6 Å². The van der Waals surface area contributed by atoms with Crippen LogP contribution >= 0.6 is 24.0 Å². The van der Waals surface area contributed by atoms with E-state index in [9.17, 15) is 0 Å². The number of nitrogens with zero attached hydrogens (tertiary/aromatic N) is 2. The normalized spacial score (nSPS) is 10.5. The topological polar surface area (TPSA) is 17.8 Å². The molecule has 0 aliphatic carbocycles. The van der Waals surface area contributed by atoms with Crippen molar-refractivity contribution in [2.45, 2.75) is 6.54 Å². The highest BCUT2D eigenvalue weighted by Gasteiger charge is 2.04. The van der Waals surface area contributed by atoms with E-state index >= 15 is 0 Å². The minimum atomic E-state index is 0.842. The first-order chi connectivity index (χ1) is 6.42. The lowest BCUT2D eigenvalue weighted by Crippen LogP contribution is -1.99. The molecule has 0 aliphatic heterocycles. The van der Waals surface area contributed by atoms with Gasteiger partial charge in [0.25, 0.3) is 0 Å². The summed E-state index contributed by atoms with van der Waals surface area (Å²) in [5, 5.41) is 2.06. The molecule has 2 aromatic heterocycles. The molecule has 4 heteroatoms. The third kappa shape index (κ3) is 1.78. The Balaban J connectivity index is 2.35. The number of aryl methyl sites for hydroxylation is 1. The monoisotopic (exact) mass is 210 g/mol. The molecule has 0 radical (unpaired) electrons. The third-order valence-corrected chi connectivity index (χ3v) is 2.86. The van der Waals surface area contributed by atoms with Crippen molar-refractivity contribution in [3.63, 3.8) is 0 Å². The zero-order chi connectivity index (χ0) is 9.10. The lowest BCUT2D eigenvalue weighted by Gasteiger charge is -2.02. The van der Waals surface area contributed by atoms with E-state index in [0.29, 0.717) is 0 Å². The molecule has 0 fully saturated rings. The molecule has 0 aromatic carbocycles. The van der Waals surface area contributed by atoms with E-state index in [-0.39, 0.29) is 0 Å². The molecule has 0 N–H and O–H groups in total. The van der Waals surface area contributed by atoms with Crippen LogP contribution in [0.15, 0.2) is 29.9 Å². The first kappa shape index (κ1) is 8.84. The number of rotatable bonds is 3. The summed E-state index contributed by atoms with van der Waals surface area (Å²) in [4.78, 5) is 5.53. The summed E-state index contributed by atoms with van der Waals surface area (Å²) in [5.41, 5.74) is 0. The van der Waals surface area contributed by atoms with E-state index in [1.54, 1.807) is 11.3 Å². The van der Waals surface area contributed by atoms with Crippen molar-refractivity contribution in [3.8, 4) is 10.7 Å². The van der Waals surface area contributed by atoms with E-state index < -0.39 is 0 Å². The first-order valence-corrected chi connectivity index (χ1v) is 5.59. The van der Waals surface area contributed by atoms with E-state index in [4.69, 9.17) is 0 Å². The number of thiophene rings is 1. The highest BCUT2D eigenvalue weighted by atomic mass is 32.1. The van der Waals surface area contributed by atoms with Gasteiger partial charge in [0, 0.05) is 24.7 Å². The van der Waals surface area contributed by atoms with Crippen LogP contribution in [-0.2, 0) is 6.54 Å². The van der Waals surface area contributed by atoms with Gasteiger partial charge in [-0.05, 0) is 11.4 Å². The Hall–Kier alpha value is -0.740. The van der Waals surface area contributed by atoms with Gasteiger partial charge in [0.05, 0.1) is 4.88 Å². The number of hydrogen-bond donors (Lipinski definition) is 1. The smallest absolute Gasteiger partial charge is 0.150 e. The summed E-state index contributed by atoms with van der Waals surface area (Å²) in [7, 11) is 0. The average Bonchev–Trinajstić information content (AvgIpc) is 2.71. The average molecular weight is 210 g/mol. The highest BCUT2D eigenvalue weighted by Crippen LogP contribution is 2.22. The Morgan fingerprint density at radius 1 is 1.54 bits per heavy atom. The maximum Gasteiger partial charge on any atom is 0.150 e. The van der Waals surface area contributed by atoms with Gasteiger partial charge in [-0.2, -0.15) is 12.6 Å². The third-order valence-electron chi connectivity index (χ3n) is 1.80. The Labute approximate surface area is 86.7 Å². The summed E-state index contributed by atoms with van der Waals surface area (Å²) >= 11 is 5.92. The molecule has 2 heterocycles. The number of imidazole rings is 1. The predicted octanol–water partition coefficient (Wildman–Crippen LogP) is 2.54. The minimum Gasteiger partial charge on any atom is -0.329 e. The first-order valence-electron chi connectivity index (χ1n) is 4.07. The minimum absolute atomic E-state index is 0.842. The number of thiol groups is 1. The molecule has 0 bridgehead atoms. The van der Waals surface area contributed by atoms with Crippen LogP contribution in [0, 0.1) is 0 Å². The molecule has 2 nitrogen and oxygen atoms in total. The van der Waals surface area contributed by atoms with Crippen molar-refractivity contribution in [1.29, 1.82) is 0 Å². The lowest BCUT2D eigenvalue weighted by molar-refractivity contribution is 0.783. The van der Waals surface area contributed by atoms with Crippen molar-refractivity contribution in [3.05, 3.63) is 29.9 Å². The van der Waals surface area contributed by atoms with Gasteiger partial charge in [0.15, 0.2) is 0 Å². The van der Waals surface area contributed by atoms with Crippen LogP contribution < -0.4 is 0 Å². The second-order valence-corrected chi connectivity index (χ2v) is 4.04. The highest BCUT2D eigenvalue weighted by molar-refractivity contribution is 7.80. The summed E-state index contributed by atoms with van der Waals surface area (Å²) in [6, 6.07) is 4.13. The zero-order valence-corrected chi connectivity index (χ0v) is 8.76. The molecular formula is C9H10N2S2. The Morgan fingerprint density at radius 2 is 2.46 bits per heavy atom. The fraction of sp³-hybridized carbons (Fsp3) is 0.222. The second kappa shape index (κ2) is 3.98. The van der Waals surface area contributed by atoms with Gasteiger partial charge in [-0.15, -0.1) is 11.3 Å². The van der Waals surface area contributed by atoms with Crippen LogP contribution in [0.5, 0.6) is 0 Å². The standard InChI is InChI=1S/C9H10N2S2/c12-6-5-11-4-3-10-9(11)8-2-1-7-13-8/h1-4,7,12H,5-6H2. The molecule has 68 valence electrons. The van der Waals surface area contributed by atoms with Crippen LogP contribution in [0.25, 0.3) is 10.7 Å². The van der Waals surface area contributed by atoms with Crippen molar-refractivity contribution in [2.24, 2.45) is 0 Å². The van der Waals surface area contributed by atoms with E-state index in [1.807, 2.05) is 18.5 Å². The summed E-state index contributed by atoms with van der Waals surface area (Å²) in [6.45, 7) is 0.913. The lowest BCUT2D eigenvalue weighted by atomic mass is 10.4. The molecule has 0 spiro atoms. The molecule has 0 atom stereocenters. The van der Waals surface area contributed by atoms with Crippen LogP contribution in [0.4, 0.5) is 0 Å². The van der Waals surface area contributed by atoms with Gasteiger partial charge in [-0.3, -0.25) is 0 Å². The summed E-state index contributed by atoms with van der Waals surface area (Å²) in [5.74, 6) is 1.89. The van der Waals surface area contributed by atoms with Gasteiger partial charge in [0.1, 0.15) is 5.82 Å². The summed E-state index contributed by atoms with van der Waals surface area (Å²) < 4.78 is 2.12. The molecule has 0 saturated carbocycles. The SMILES string of the molecule is SCCn1ccnc1-c1cccs1. The van der Waals surface area contributed by atoms with Crippen molar-refractivity contribution in [2.75, 3.05) is 5.75 Å². The zero-order valence-electron chi connectivity index (χ0n) is 7.05. The molecule has 13 heavy (non-hydrogen) atoms. The second-order valence-electron chi connectivity index (χ2n) is 2.65. The van der Waals surface area contributed by atoms with Crippen LogP contribution in [0.2, 0.25) is 0 Å². The molecule has 2 rings (SSSR count). The van der Waals surface area contributed by atoms with E-state index in [1.165, 1.54) is 4.88 Å². The fourth-order valence-corrected chi connectivity index (χ4v) is 2.18. The molecular weight excluding hydrogens is 200 g/mol. The van der Waals surface area contributed by atoms with Crippen LogP contribution in [0.1, 0.15) is 0 Å². The van der Waals surface area contributed by atoms with Gasteiger partial charge in [-0.25, -0.2) is 4.98 Å². The van der Waals surface area contributed by atoms with Gasteiger partial charge < -0.3 is 4.57 Å². The quantitative estimate of drug-likeness (QED) is 0.771. The summed E-state index contributed by atoms with van der Waals surface area (Å²) in [6.07, 6.45) is 3.82. The maximum absolute atomic E-state index is 4.32. The largest absolute Gasteiger partial charge is 0.329 e. The Kier molecular flexibility index (Phi) is 2.71. The number of aromatic nitrogens is 2. The molecule has 0 unspecified atom stereocenters. The van der Waals surface area contributed by atoms with Gasteiger partial charge in [0.2, 0.25) is 0 Å². The van der Waals surface area contributed by atoms with E-state index in [0.717, 1.165) is 18.1 Å². The number of hydrogen-bond acceptors (Lipinski definition) is 3. The van der Waals surface area contributed by atoms with Gasteiger partial charge >= 0.3 is 0 Å². The van der Waals surface area contributed by atoms with Crippen molar-refractivity contribution in [1.82, 2.24) is 9.55 Å². The van der Waals surface area contributed by atoms with Crippen LogP contribution in [0.3, 0.4) is 0 Å².